The smallest absolute Gasteiger partial charge is 0.133 e. The summed E-state index contributed by atoms with van der Waals surface area (Å²) in [6.45, 7) is 0.962. The molecule has 0 saturated heterocycles. The van der Waals surface area contributed by atoms with Crippen LogP contribution in [0.1, 0.15) is 5.56 Å². The van der Waals surface area contributed by atoms with Crippen LogP contribution in [0.3, 0.4) is 0 Å². The summed E-state index contributed by atoms with van der Waals surface area (Å²) in [5.41, 5.74) is 3.64. The number of hydrogen-bond donors (Lipinski definition) is 1. The molecule has 1 aliphatic rings. The van der Waals surface area contributed by atoms with Crippen molar-refractivity contribution in [2.75, 3.05) is 18.5 Å². The van der Waals surface area contributed by atoms with Gasteiger partial charge in [0, 0.05) is 36.6 Å². The second-order valence-corrected chi connectivity index (χ2v) is 4.12. The van der Waals surface area contributed by atoms with E-state index in [0.717, 1.165) is 24.2 Å². The van der Waals surface area contributed by atoms with Gasteiger partial charge in [-0.3, -0.25) is 5.10 Å². The number of hydrogen-bond acceptors (Lipinski definition) is 2. The van der Waals surface area contributed by atoms with E-state index in [-0.39, 0.29) is 5.82 Å². The lowest BCUT2D eigenvalue weighted by Gasteiger charge is -2.12. The van der Waals surface area contributed by atoms with Gasteiger partial charge in [-0.05, 0) is 24.1 Å². The highest BCUT2D eigenvalue weighted by atomic mass is 19.1. The van der Waals surface area contributed by atoms with Crippen LogP contribution in [0.25, 0.3) is 11.1 Å². The number of nitrogens with zero attached hydrogens (tertiary/aromatic N) is 2. The lowest BCUT2D eigenvalue weighted by Crippen LogP contribution is -2.12. The molecule has 0 bridgehead atoms. The molecule has 0 amide bonds. The second kappa shape index (κ2) is 3.33. The lowest BCUT2D eigenvalue weighted by atomic mass is 10.0. The van der Waals surface area contributed by atoms with Gasteiger partial charge in [0.1, 0.15) is 5.82 Å². The fourth-order valence-electron chi connectivity index (χ4n) is 2.19. The molecule has 82 valence electrons. The van der Waals surface area contributed by atoms with Crippen molar-refractivity contribution in [3.05, 3.63) is 35.9 Å². The first-order valence-corrected chi connectivity index (χ1v) is 5.28. The molecule has 0 unspecified atom stereocenters. The number of rotatable bonds is 1. The molecule has 2 heterocycles. The molecule has 4 heteroatoms. The summed E-state index contributed by atoms with van der Waals surface area (Å²) in [5, 5.41) is 6.55. The zero-order valence-electron chi connectivity index (χ0n) is 9.00. The molecule has 0 saturated carbocycles. The fraction of sp³-hybridized carbons (Fsp3) is 0.250. The molecule has 0 aliphatic carbocycles. The van der Waals surface area contributed by atoms with E-state index in [1.54, 1.807) is 18.5 Å². The summed E-state index contributed by atoms with van der Waals surface area (Å²) in [6.07, 6.45) is 4.34. The SMILES string of the molecule is CN1CCc2cc(-c3cn[nH]c3)c(F)cc21. The molecule has 0 atom stereocenters. The van der Waals surface area contributed by atoms with Crippen molar-refractivity contribution in [1.82, 2.24) is 10.2 Å². The van der Waals surface area contributed by atoms with Crippen molar-refractivity contribution in [3.8, 4) is 11.1 Å². The van der Waals surface area contributed by atoms with E-state index in [4.69, 9.17) is 0 Å². The first-order valence-electron chi connectivity index (χ1n) is 5.28. The Morgan fingerprint density at radius 2 is 2.31 bits per heavy atom. The lowest BCUT2D eigenvalue weighted by molar-refractivity contribution is 0.631. The minimum Gasteiger partial charge on any atom is -0.374 e. The fourth-order valence-corrected chi connectivity index (χ4v) is 2.19. The van der Waals surface area contributed by atoms with Gasteiger partial charge in [0.2, 0.25) is 0 Å². The monoisotopic (exact) mass is 217 g/mol. The Balaban J connectivity index is 2.15. The molecule has 3 rings (SSSR count). The van der Waals surface area contributed by atoms with Crippen molar-refractivity contribution < 1.29 is 4.39 Å². The van der Waals surface area contributed by atoms with Gasteiger partial charge >= 0.3 is 0 Å². The van der Waals surface area contributed by atoms with Crippen molar-refractivity contribution in [1.29, 1.82) is 0 Å². The summed E-state index contributed by atoms with van der Waals surface area (Å²) >= 11 is 0. The maximum absolute atomic E-state index is 13.9. The van der Waals surface area contributed by atoms with Crippen LogP contribution in [-0.4, -0.2) is 23.8 Å². The summed E-state index contributed by atoms with van der Waals surface area (Å²) in [7, 11) is 1.99. The maximum atomic E-state index is 13.9. The molecule has 0 spiro atoms. The summed E-state index contributed by atoms with van der Waals surface area (Å²) in [4.78, 5) is 2.08. The Kier molecular flexibility index (Phi) is 1.96. The quantitative estimate of drug-likeness (QED) is 0.794. The molecule has 1 aromatic heterocycles. The van der Waals surface area contributed by atoms with Crippen LogP contribution in [0.2, 0.25) is 0 Å². The summed E-state index contributed by atoms with van der Waals surface area (Å²) < 4.78 is 13.9. The Morgan fingerprint density at radius 1 is 1.44 bits per heavy atom. The Labute approximate surface area is 92.9 Å². The van der Waals surface area contributed by atoms with Crippen LogP contribution in [-0.2, 0) is 6.42 Å². The minimum atomic E-state index is -0.186. The summed E-state index contributed by atoms with van der Waals surface area (Å²) in [5.74, 6) is -0.186. The van der Waals surface area contributed by atoms with Crippen molar-refractivity contribution in [2.45, 2.75) is 6.42 Å². The predicted molar refractivity (Wildman–Crippen MR) is 61.0 cm³/mol. The molecule has 1 aliphatic heterocycles. The van der Waals surface area contributed by atoms with E-state index in [1.165, 1.54) is 5.56 Å². The molecular weight excluding hydrogens is 205 g/mol. The highest BCUT2D eigenvalue weighted by Gasteiger charge is 2.19. The third-order valence-corrected chi connectivity index (χ3v) is 3.11. The van der Waals surface area contributed by atoms with Crippen LogP contribution < -0.4 is 4.90 Å². The van der Waals surface area contributed by atoms with Gasteiger partial charge in [0.15, 0.2) is 0 Å². The third kappa shape index (κ3) is 1.30. The van der Waals surface area contributed by atoms with Gasteiger partial charge in [0.25, 0.3) is 0 Å². The number of aromatic nitrogens is 2. The van der Waals surface area contributed by atoms with E-state index in [2.05, 4.69) is 15.1 Å². The Hall–Kier alpha value is -1.84. The van der Waals surface area contributed by atoms with Crippen LogP contribution in [0.15, 0.2) is 24.5 Å². The topological polar surface area (TPSA) is 31.9 Å². The Bertz CT molecular complexity index is 519. The number of likely N-dealkylation sites (N-methyl/N-ethyl adjacent to an activating group) is 1. The van der Waals surface area contributed by atoms with Gasteiger partial charge in [-0.15, -0.1) is 0 Å². The largest absolute Gasteiger partial charge is 0.374 e. The van der Waals surface area contributed by atoms with Gasteiger partial charge in [-0.1, -0.05) is 0 Å². The zero-order valence-corrected chi connectivity index (χ0v) is 9.00. The van der Waals surface area contributed by atoms with E-state index in [1.807, 2.05) is 13.1 Å². The number of nitrogens with one attached hydrogen (secondary N) is 1. The highest BCUT2D eigenvalue weighted by Crippen LogP contribution is 2.33. The average molecular weight is 217 g/mol. The zero-order chi connectivity index (χ0) is 11.1. The molecular formula is C12H12FN3. The molecule has 2 aromatic rings. The minimum absolute atomic E-state index is 0.186. The Morgan fingerprint density at radius 3 is 3.06 bits per heavy atom. The normalized spacial score (nSPS) is 14.2. The molecule has 1 N–H and O–H groups in total. The van der Waals surface area contributed by atoms with E-state index in [0.29, 0.717) is 5.56 Å². The number of fused-ring (bicyclic) bond motifs is 1. The number of H-pyrrole nitrogens is 1. The van der Waals surface area contributed by atoms with E-state index in [9.17, 15) is 4.39 Å². The van der Waals surface area contributed by atoms with E-state index >= 15 is 0 Å². The second-order valence-electron chi connectivity index (χ2n) is 4.12. The number of aromatic amines is 1. The molecule has 0 fully saturated rings. The number of anilines is 1. The molecule has 16 heavy (non-hydrogen) atoms. The molecule has 1 aromatic carbocycles. The van der Waals surface area contributed by atoms with Crippen LogP contribution in [0, 0.1) is 5.82 Å². The standard InChI is InChI=1S/C12H12FN3/c1-16-3-2-8-4-10(9-6-14-15-7-9)11(13)5-12(8)16/h4-7H,2-3H2,1H3,(H,14,15). The van der Waals surface area contributed by atoms with Crippen LogP contribution in [0.5, 0.6) is 0 Å². The van der Waals surface area contributed by atoms with Crippen molar-refractivity contribution in [2.24, 2.45) is 0 Å². The maximum Gasteiger partial charge on any atom is 0.133 e. The predicted octanol–water partition coefficient (Wildman–Crippen LogP) is 2.21. The van der Waals surface area contributed by atoms with E-state index < -0.39 is 0 Å². The van der Waals surface area contributed by atoms with Crippen molar-refractivity contribution >= 4 is 5.69 Å². The highest BCUT2D eigenvalue weighted by molar-refractivity contribution is 5.70. The van der Waals surface area contributed by atoms with Gasteiger partial charge < -0.3 is 4.90 Å². The van der Waals surface area contributed by atoms with Crippen LogP contribution >= 0.6 is 0 Å². The van der Waals surface area contributed by atoms with Crippen molar-refractivity contribution in [3.63, 3.8) is 0 Å². The third-order valence-electron chi connectivity index (χ3n) is 3.11. The first kappa shape index (κ1) is 9.39. The summed E-state index contributed by atoms with van der Waals surface area (Å²) in [6, 6.07) is 3.55. The first-order chi connectivity index (χ1) is 7.75. The van der Waals surface area contributed by atoms with Gasteiger partial charge in [0.05, 0.1) is 6.20 Å². The molecule has 0 radical (unpaired) electrons. The molecule has 3 nitrogen and oxygen atoms in total. The number of benzene rings is 1. The van der Waals surface area contributed by atoms with Gasteiger partial charge in [-0.2, -0.15) is 5.10 Å². The van der Waals surface area contributed by atoms with Crippen LogP contribution in [0.4, 0.5) is 10.1 Å². The van der Waals surface area contributed by atoms with Gasteiger partial charge in [-0.25, -0.2) is 4.39 Å². The number of halogens is 1. The average Bonchev–Trinajstić information content (AvgIpc) is 2.89.